The van der Waals surface area contributed by atoms with Crippen molar-refractivity contribution in [3.63, 3.8) is 0 Å². The molecule has 1 aliphatic heterocycles. The molecule has 0 N–H and O–H groups in total. The van der Waals surface area contributed by atoms with Crippen LogP contribution in [0.2, 0.25) is 0 Å². The molecule has 0 aromatic heterocycles. The van der Waals surface area contributed by atoms with E-state index in [-0.39, 0.29) is 17.7 Å². The molecule has 1 saturated heterocycles. The zero-order valence-electron chi connectivity index (χ0n) is 16.2. The Hall–Kier alpha value is -2.82. The summed E-state index contributed by atoms with van der Waals surface area (Å²) in [7, 11) is 1.62. The van der Waals surface area contributed by atoms with Crippen molar-refractivity contribution in [1.29, 1.82) is 0 Å². The van der Waals surface area contributed by atoms with Crippen LogP contribution in [0, 0.1) is 5.92 Å². The first-order valence-corrected chi connectivity index (χ1v) is 9.90. The second-order valence-electron chi connectivity index (χ2n) is 7.59. The van der Waals surface area contributed by atoms with Gasteiger partial charge in [0, 0.05) is 32.1 Å². The molecule has 2 unspecified atom stereocenters. The Labute approximate surface area is 165 Å². The molecule has 2 aromatic rings. The summed E-state index contributed by atoms with van der Waals surface area (Å²) in [4.78, 5) is 29.2. The van der Waals surface area contributed by atoms with Gasteiger partial charge in [-0.15, -0.1) is 0 Å². The molecule has 4 rings (SSSR count). The van der Waals surface area contributed by atoms with E-state index in [2.05, 4.69) is 12.1 Å². The molecule has 0 bridgehead atoms. The van der Waals surface area contributed by atoms with Crippen molar-refractivity contribution in [1.82, 2.24) is 9.80 Å². The number of amides is 2. The molecular weight excluding hydrogens is 352 g/mol. The van der Waals surface area contributed by atoms with E-state index in [1.807, 2.05) is 52.3 Å². The Bertz CT molecular complexity index is 844. The molecule has 5 nitrogen and oxygen atoms in total. The van der Waals surface area contributed by atoms with E-state index in [1.165, 1.54) is 5.56 Å². The number of methoxy groups -OCH3 is 1. The molecule has 5 heteroatoms. The van der Waals surface area contributed by atoms with Crippen molar-refractivity contribution in [2.45, 2.75) is 18.8 Å². The van der Waals surface area contributed by atoms with E-state index >= 15 is 0 Å². The quantitative estimate of drug-likeness (QED) is 0.804. The third-order valence-electron chi connectivity index (χ3n) is 5.77. The standard InChI is InChI=1S/C23H26N2O3/c1-28-19-9-5-6-17(14-19)15-22(26)24-10-12-25(13-11-24)23(27)21-16-20(21)18-7-3-2-4-8-18/h2-9,14,20-21H,10-13,15-16H2,1H3. The summed E-state index contributed by atoms with van der Waals surface area (Å²) in [6, 6.07) is 17.9. The van der Waals surface area contributed by atoms with Crippen LogP contribution in [-0.2, 0) is 16.0 Å². The zero-order chi connectivity index (χ0) is 19.5. The maximum absolute atomic E-state index is 12.8. The summed E-state index contributed by atoms with van der Waals surface area (Å²) in [5, 5.41) is 0. The Balaban J connectivity index is 1.27. The first-order valence-electron chi connectivity index (χ1n) is 9.90. The van der Waals surface area contributed by atoms with Gasteiger partial charge in [-0.1, -0.05) is 42.5 Å². The fourth-order valence-electron chi connectivity index (χ4n) is 4.02. The lowest BCUT2D eigenvalue weighted by molar-refractivity contribution is -0.140. The molecule has 0 spiro atoms. The van der Waals surface area contributed by atoms with Crippen LogP contribution in [0.4, 0.5) is 0 Å². The van der Waals surface area contributed by atoms with E-state index in [1.54, 1.807) is 7.11 Å². The van der Waals surface area contributed by atoms with Crippen LogP contribution in [0.15, 0.2) is 54.6 Å². The third-order valence-corrected chi connectivity index (χ3v) is 5.77. The van der Waals surface area contributed by atoms with Crippen molar-refractivity contribution < 1.29 is 14.3 Å². The minimum Gasteiger partial charge on any atom is -0.497 e. The number of rotatable bonds is 5. The van der Waals surface area contributed by atoms with Gasteiger partial charge in [-0.05, 0) is 35.6 Å². The largest absolute Gasteiger partial charge is 0.497 e. The highest BCUT2D eigenvalue weighted by molar-refractivity contribution is 5.84. The van der Waals surface area contributed by atoms with Crippen molar-refractivity contribution >= 4 is 11.8 Å². The van der Waals surface area contributed by atoms with E-state index in [0.717, 1.165) is 17.7 Å². The maximum Gasteiger partial charge on any atom is 0.227 e. The van der Waals surface area contributed by atoms with Crippen LogP contribution in [0.25, 0.3) is 0 Å². The van der Waals surface area contributed by atoms with E-state index < -0.39 is 0 Å². The van der Waals surface area contributed by atoms with Crippen molar-refractivity contribution in [2.24, 2.45) is 5.92 Å². The molecule has 1 saturated carbocycles. The Morgan fingerprint density at radius 2 is 1.68 bits per heavy atom. The number of benzene rings is 2. The van der Waals surface area contributed by atoms with Crippen molar-refractivity contribution in [3.8, 4) is 5.75 Å². The normalized spacial score (nSPS) is 21.3. The average molecular weight is 378 g/mol. The number of ether oxygens (including phenoxy) is 1. The lowest BCUT2D eigenvalue weighted by Gasteiger charge is -2.35. The van der Waals surface area contributed by atoms with Crippen molar-refractivity contribution in [3.05, 3.63) is 65.7 Å². The lowest BCUT2D eigenvalue weighted by atomic mass is 10.1. The number of hydrogen-bond acceptors (Lipinski definition) is 3. The fourth-order valence-corrected chi connectivity index (χ4v) is 4.02. The van der Waals surface area contributed by atoms with Gasteiger partial charge in [0.1, 0.15) is 5.75 Å². The van der Waals surface area contributed by atoms with Gasteiger partial charge < -0.3 is 14.5 Å². The van der Waals surface area contributed by atoms with Crippen LogP contribution in [-0.4, -0.2) is 54.9 Å². The summed E-state index contributed by atoms with van der Waals surface area (Å²) >= 11 is 0. The Morgan fingerprint density at radius 3 is 2.39 bits per heavy atom. The SMILES string of the molecule is COc1cccc(CC(=O)N2CCN(C(=O)C3CC3c3ccccc3)CC2)c1. The minimum absolute atomic E-state index is 0.105. The zero-order valence-corrected chi connectivity index (χ0v) is 16.2. The van der Waals surface area contributed by atoms with Crippen LogP contribution in [0.1, 0.15) is 23.5 Å². The van der Waals surface area contributed by atoms with E-state index in [9.17, 15) is 9.59 Å². The molecule has 28 heavy (non-hydrogen) atoms. The maximum atomic E-state index is 12.8. The molecular formula is C23H26N2O3. The van der Waals surface area contributed by atoms with E-state index in [0.29, 0.717) is 38.5 Å². The summed E-state index contributed by atoms with van der Waals surface area (Å²) in [6.07, 6.45) is 1.31. The third kappa shape index (κ3) is 4.03. The van der Waals surface area contributed by atoms with Gasteiger partial charge >= 0.3 is 0 Å². The smallest absolute Gasteiger partial charge is 0.227 e. The molecule has 1 heterocycles. The van der Waals surface area contributed by atoms with Crippen LogP contribution in [0.5, 0.6) is 5.75 Å². The van der Waals surface area contributed by atoms with Gasteiger partial charge in [-0.2, -0.15) is 0 Å². The van der Waals surface area contributed by atoms with Crippen LogP contribution < -0.4 is 4.74 Å². The average Bonchev–Trinajstić information content (AvgIpc) is 3.55. The number of hydrogen-bond donors (Lipinski definition) is 0. The van der Waals surface area contributed by atoms with Gasteiger partial charge in [-0.3, -0.25) is 9.59 Å². The number of carbonyl (C=O) groups excluding carboxylic acids is 2. The predicted octanol–water partition coefficient (Wildman–Crippen LogP) is 2.71. The monoisotopic (exact) mass is 378 g/mol. The molecule has 1 aliphatic carbocycles. The molecule has 146 valence electrons. The van der Waals surface area contributed by atoms with Crippen molar-refractivity contribution in [2.75, 3.05) is 33.3 Å². The Kier molecular flexibility index (Phi) is 5.33. The molecule has 2 fully saturated rings. The highest BCUT2D eigenvalue weighted by Crippen LogP contribution is 2.48. The van der Waals surface area contributed by atoms with Gasteiger partial charge in [0.2, 0.25) is 11.8 Å². The summed E-state index contributed by atoms with van der Waals surface area (Å²) in [6.45, 7) is 2.47. The van der Waals surface area contributed by atoms with Crippen LogP contribution >= 0.6 is 0 Å². The first kappa shape index (κ1) is 18.5. The predicted molar refractivity (Wildman–Crippen MR) is 107 cm³/mol. The van der Waals surface area contributed by atoms with E-state index in [4.69, 9.17) is 4.74 Å². The summed E-state index contributed by atoms with van der Waals surface area (Å²) in [5.74, 6) is 1.59. The topological polar surface area (TPSA) is 49.9 Å². The van der Waals surface area contributed by atoms with Gasteiger partial charge in [-0.25, -0.2) is 0 Å². The molecule has 0 radical (unpaired) electrons. The lowest BCUT2D eigenvalue weighted by Crippen LogP contribution is -2.51. The second kappa shape index (κ2) is 8.05. The van der Waals surface area contributed by atoms with Crippen LogP contribution in [0.3, 0.4) is 0 Å². The number of piperazine rings is 1. The van der Waals surface area contributed by atoms with Gasteiger partial charge in [0.05, 0.1) is 13.5 Å². The van der Waals surface area contributed by atoms with Gasteiger partial charge in [0.15, 0.2) is 0 Å². The highest BCUT2D eigenvalue weighted by atomic mass is 16.5. The molecule has 2 aromatic carbocycles. The fraction of sp³-hybridized carbons (Fsp3) is 0.391. The van der Waals surface area contributed by atoms with Gasteiger partial charge in [0.25, 0.3) is 0 Å². The second-order valence-corrected chi connectivity index (χ2v) is 7.59. The molecule has 2 aliphatic rings. The number of nitrogens with zero attached hydrogens (tertiary/aromatic N) is 2. The first-order chi connectivity index (χ1) is 13.7. The summed E-state index contributed by atoms with van der Waals surface area (Å²) in [5.41, 5.74) is 2.21. The molecule has 2 atom stereocenters. The summed E-state index contributed by atoms with van der Waals surface area (Å²) < 4.78 is 5.22. The minimum atomic E-state index is 0.105. The molecule has 2 amide bonds. The number of carbonyl (C=O) groups is 2. The Morgan fingerprint density at radius 1 is 0.964 bits per heavy atom. The highest BCUT2D eigenvalue weighted by Gasteiger charge is 2.46.